The maximum absolute atomic E-state index is 12.5. The third-order valence-electron chi connectivity index (χ3n) is 23.3. The van der Waals surface area contributed by atoms with E-state index in [2.05, 4.69) is 83.3 Å². The van der Waals surface area contributed by atoms with E-state index in [4.69, 9.17) is 23.7 Å². The van der Waals surface area contributed by atoms with E-state index < -0.39 is 5.60 Å². The van der Waals surface area contributed by atoms with Crippen molar-refractivity contribution in [2.24, 2.45) is 23.7 Å². The standard InChI is InChI=1S/C20H25N3O3.2C17H23N3O2.C16H21N3O2.C15H19N3O2/c1-2-26-19(24)15-10-22-18-14(3-4-21-18)17(15)23-16-12-5-11-6-13(16)9-20(25,7-11)8-12;1-3-22-17(21)13-10-19-16-12(8-9-18-16)15(13)20-14-7-5-4-6-11(14)2;1-2-22-17(21)14-11-19-16-13(9-10-18-16)15(14)20-12-7-5-3-4-6-8-12;1-2-21-16(20)13-10-18-15-12(8-9-17-15)14(13)19-11-6-4-3-5-7-11;1-2-20-15(19)12-9-17-14-11(7-8-16-14)13(12)18-10-5-3-4-6-10/h3-4,10-13,16,25H,2,5-9H2,1H3,(H2,21,22,23);8-11,14H,3-7H2,1-2H3,(H2,18,19,20);9-12H,2-8H2,1H3,(H2,18,19,20);8-11H,2-7H2,1H3,(H2,17,18,19);7-10H,2-6H2,1H3,(H2,16,17,18)/t;11-,14+;;;/m.1.../s1. The number of esters is 5. The second kappa shape index (κ2) is 37.2. The Morgan fingerprint density at radius 3 is 0.946 bits per heavy atom. The Kier molecular flexibility index (Phi) is 26.4. The van der Waals surface area contributed by atoms with Gasteiger partial charge in [-0.2, -0.15) is 0 Å². The van der Waals surface area contributed by atoms with E-state index in [1.165, 1.54) is 89.9 Å². The SMILES string of the molecule is CCOC(=O)c1cnc2[nH]ccc2c1NC1C2CC3CC1CC(O)(C3)C2.CCOC(=O)c1cnc2[nH]ccc2c1NC1CCCC1.CCOC(=O)c1cnc2[nH]ccc2c1NC1CCCCC1.CCOC(=O)c1cnc2[nH]ccc2c1NC1CCCCCC1.CCOC(=O)c1cnc2[nH]ccc2c1N[C@H]1CCCC[C@H]1C. The fraction of sp³-hybridized carbons (Fsp3) is 0.529. The van der Waals surface area contributed by atoms with Gasteiger partial charge in [0.2, 0.25) is 0 Å². The molecule has 10 heterocycles. The summed E-state index contributed by atoms with van der Waals surface area (Å²) >= 11 is 0. The van der Waals surface area contributed by atoms with Gasteiger partial charge in [0.15, 0.2) is 0 Å². The number of fused-ring (bicyclic) bond motifs is 5. The lowest BCUT2D eigenvalue weighted by atomic mass is 9.52. The largest absolute Gasteiger partial charge is 0.462 e. The van der Waals surface area contributed by atoms with Crippen LogP contribution in [0.4, 0.5) is 28.4 Å². The first-order valence-electron chi connectivity index (χ1n) is 40.9. The molecule has 4 atom stereocenters. The smallest absolute Gasteiger partial charge is 0.341 e. The molecule has 592 valence electrons. The first-order valence-corrected chi connectivity index (χ1v) is 40.9. The van der Waals surface area contributed by atoms with Gasteiger partial charge < -0.3 is 80.3 Å². The number of nitrogens with zero attached hydrogens (tertiary/aromatic N) is 5. The molecule has 0 amide bonds. The van der Waals surface area contributed by atoms with Crippen LogP contribution in [0.3, 0.4) is 0 Å². The van der Waals surface area contributed by atoms with Gasteiger partial charge in [-0.3, -0.25) is 0 Å². The van der Waals surface area contributed by atoms with E-state index in [0.29, 0.717) is 115 Å². The number of hydrogen-bond donors (Lipinski definition) is 11. The van der Waals surface area contributed by atoms with Gasteiger partial charge in [-0.15, -0.1) is 0 Å². The molecule has 0 radical (unpaired) electrons. The number of H-pyrrole nitrogens is 5. The summed E-state index contributed by atoms with van der Waals surface area (Å²) in [6.45, 7) is 13.2. The normalized spacial score (nSPS) is 21.6. The average molecular weight is 1520 g/mol. The first-order chi connectivity index (χ1) is 54.1. The Hall–Kier alpha value is -10.2. The van der Waals surface area contributed by atoms with Crippen molar-refractivity contribution in [2.75, 3.05) is 59.6 Å². The van der Waals surface area contributed by atoms with E-state index in [0.717, 1.165) is 148 Å². The highest BCUT2D eigenvalue weighted by atomic mass is 16.5. The minimum Gasteiger partial charge on any atom is -0.462 e. The zero-order chi connectivity index (χ0) is 77.4. The van der Waals surface area contributed by atoms with E-state index in [1.807, 2.05) is 95.9 Å². The van der Waals surface area contributed by atoms with Crippen molar-refractivity contribution in [1.82, 2.24) is 49.8 Å². The number of nitrogens with one attached hydrogen (secondary N) is 10. The number of carbonyl (C=O) groups is 5. The summed E-state index contributed by atoms with van der Waals surface area (Å²) in [7, 11) is 0. The lowest BCUT2D eigenvalue weighted by Gasteiger charge is -2.58. The number of carbonyl (C=O) groups excluding carboxylic acids is 5. The third-order valence-corrected chi connectivity index (χ3v) is 23.3. The summed E-state index contributed by atoms with van der Waals surface area (Å²) in [6, 6.07) is 11.7. The Balaban J connectivity index is 0.000000122. The summed E-state index contributed by atoms with van der Waals surface area (Å²) in [5.41, 5.74) is 10.3. The topological polar surface area (TPSA) is 355 Å². The van der Waals surface area contributed by atoms with Crippen LogP contribution in [-0.4, -0.2) is 154 Å². The lowest BCUT2D eigenvalue weighted by molar-refractivity contribution is -0.129. The highest BCUT2D eigenvalue weighted by molar-refractivity contribution is 6.08. The molecule has 26 nitrogen and oxygen atoms in total. The average Bonchev–Trinajstić information content (AvgIpc) is 1.73. The molecule has 8 fully saturated rings. The van der Waals surface area contributed by atoms with Gasteiger partial charge in [0.25, 0.3) is 0 Å². The van der Waals surface area contributed by atoms with E-state index in [-0.39, 0.29) is 29.8 Å². The molecule has 11 N–H and O–H groups in total. The van der Waals surface area contributed by atoms with Crippen LogP contribution in [0.5, 0.6) is 0 Å². The molecule has 8 aliphatic rings. The molecule has 0 spiro atoms. The summed E-state index contributed by atoms with van der Waals surface area (Å²) in [5.74, 6) is 0.587. The Bertz CT molecular complexity index is 4770. The number of hydrogen-bond acceptors (Lipinski definition) is 21. The van der Waals surface area contributed by atoms with Gasteiger partial charge in [-0.25, -0.2) is 48.9 Å². The van der Waals surface area contributed by atoms with Gasteiger partial charge in [-0.05, 0) is 172 Å². The van der Waals surface area contributed by atoms with Crippen molar-refractivity contribution in [3.05, 3.63) is 120 Å². The number of aromatic amines is 5. The van der Waals surface area contributed by atoms with Gasteiger partial charge in [0, 0.05) is 119 Å². The van der Waals surface area contributed by atoms with Crippen molar-refractivity contribution in [1.29, 1.82) is 0 Å². The lowest BCUT2D eigenvalue weighted by Crippen LogP contribution is -2.59. The maximum atomic E-state index is 12.5. The molecule has 0 aliphatic heterocycles. The second-order valence-corrected chi connectivity index (χ2v) is 30.9. The van der Waals surface area contributed by atoms with Crippen LogP contribution >= 0.6 is 0 Å². The van der Waals surface area contributed by atoms with Crippen LogP contribution in [0, 0.1) is 23.7 Å². The number of pyridine rings is 5. The molecule has 8 aliphatic carbocycles. The van der Waals surface area contributed by atoms with Crippen LogP contribution in [0.15, 0.2) is 92.3 Å². The van der Waals surface area contributed by atoms with E-state index in [1.54, 1.807) is 31.0 Å². The van der Waals surface area contributed by atoms with Crippen LogP contribution in [0.25, 0.3) is 55.2 Å². The molecule has 0 aromatic carbocycles. The molecule has 0 saturated heterocycles. The number of rotatable bonds is 20. The van der Waals surface area contributed by atoms with Crippen LogP contribution in [0.2, 0.25) is 0 Å². The Morgan fingerprint density at radius 1 is 0.378 bits per heavy atom. The quantitative estimate of drug-likeness (QED) is 0.0192. The molecular weight excluding hydrogens is 1410 g/mol. The molecule has 10 aromatic heterocycles. The van der Waals surface area contributed by atoms with Crippen molar-refractivity contribution in [3.8, 4) is 0 Å². The van der Waals surface area contributed by atoms with Crippen molar-refractivity contribution < 1.29 is 52.8 Å². The molecule has 8 saturated carbocycles. The van der Waals surface area contributed by atoms with Crippen LogP contribution < -0.4 is 26.6 Å². The zero-order valence-electron chi connectivity index (χ0n) is 65.1. The number of anilines is 5. The summed E-state index contributed by atoms with van der Waals surface area (Å²) in [6.07, 6.45) is 45.5. The fourth-order valence-electron chi connectivity index (χ4n) is 18.1. The minimum atomic E-state index is -0.458. The Morgan fingerprint density at radius 2 is 0.649 bits per heavy atom. The molecule has 10 aromatic rings. The maximum Gasteiger partial charge on any atom is 0.341 e. The molecule has 4 bridgehead atoms. The predicted molar refractivity (Wildman–Crippen MR) is 433 cm³/mol. The number of aliphatic hydroxyl groups is 1. The van der Waals surface area contributed by atoms with Gasteiger partial charge in [0.05, 0.1) is 67.1 Å². The fourth-order valence-corrected chi connectivity index (χ4v) is 18.1. The van der Waals surface area contributed by atoms with Gasteiger partial charge in [-0.1, -0.05) is 77.6 Å². The van der Waals surface area contributed by atoms with Crippen molar-refractivity contribution >= 4 is 113 Å². The highest BCUT2D eigenvalue weighted by Crippen LogP contribution is 2.57. The molecule has 2 unspecified atom stereocenters. The van der Waals surface area contributed by atoms with Gasteiger partial charge >= 0.3 is 29.8 Å². The monoisotopic (exact) mass is 1520 g/mol. The van der Waals surface area contributed by atoms with Crippen LogP contribution in [0.1, 0.15) is 247 Å². The van der Waals surface area contributed by atoms with E-state index in [9.17, 15) is 29.1 Å². The zero-order valence-corrected chi connectivity index (χ0v) is 65.1. The van der Waals surface area contributed by atoms with Gasteiger partial charge in [0.1, 0.15) is 56.1 Å². The molecule has 18 rings (SSSR count). The Labute approximate surface area is 647 Å². The minimum absolute atomic E-state index is 0.292. The number of ether oxygens (including phenoxy) is 5. The van der Waals surface area contributed by atoms with Crippen molar-refractivity contribution in [2.45, 2.75) is 231 Å². The summed E-state index contributed by atoms with van der Waals surface area (Å²) < 4.78 is 25.9. The first kappa shape index (κ1) is 78.9. The third kappa shape index (κ3) is 18.7. The molecular formula is C85H111N15O11. The van der Waals surface area contributed by atoms with Crippen molar-refractivity contribution in [3.63, 3.8) is 0 Å². The number of aromatic nitrogens is 10. The molecule has 111 heavy (non-hydrogen) atoms. The summed E-state index contributed by atoms with van der Waals surface area (Å²) in [4.78, 5) is 98.3. The second-order valence-electron chi connectivity index (χ2n) is 30.9. The summed E-state index contributed by atoms with van der Waals surface area (Å²) in [5, 5.41) is 33.5. The predicted octanol–water partition coefficient (Wildman–Crippen LogP) is 17.3. The van der Waals surface area contributed by atoms with E-state index >= 15 is 0 Å². The van der Waals surface area contributed by atoms with Crippen LogP contribution in [-0.2, 0) is 23.7 Å². The highest BCUT2D eigenvalue weighted by Gasteiger charge is 2.55. The molecule has 26 heteroatoms.